The predicted octanol–water partition coefficient (Wildman–Crippen LogP) is 4.16. The maximum absolute atomic E-state index is 4.74. The Morgan fingerprint density at radius 1 is 1.04 bits per heavy atom. The van der Waals surface area contributed by atoms with Gasteiger partial charge in [-0.1, -0.05) is 12.1 Å². The lowest BCUT2D eigenvalue weighted by Gasteiger charge is -2.29. The third kappa shape index (κ3) is 4.04. The number of hydrogen-bond donors (Lipinski definition) is 1. The quantitative estimate of drug-likeness (QED) is 0.725. The van der Waals surface area contributed by atoms with E-state index in [-0.39, 0.29) is 0 Å². The number of imidazole rings is 1. The van der Waals surface area contributed by atoms with E-state index >= 15 is 0 Å². The van der Waals surface area contributed by atoms with E-state index in [4.69, 9.17) is 9.97 Å². The molecular weight excluding hydrogens is 346 g/mol. The van der Waals surface area contributed by atoms with E-state index in [1.165, 1.54) is 42.7 Å². The summed E-state index contributed by atoms with van der Waals surface area (Å²) in [7, 11) is 2.21. The minimum Gasteiger partial charge on any atom is -0.385 e. The molecule has 0 bridgehead atoms. The number of rotatable bonds is 5. The van der Waals surface area contributed by atoms with E-state index in [9.17, 15) is 0 Å². The molecule has 1 aliphatic rings. The van der Waals surface area contributed by atoms with Crippen molar-refractivity contribution in [1.82, 2.24) is 19.4 Å². The zero-order chi connectivity index (χ0) is 19.7. The Kier molecular flexibility index (Phi) is 5.36. The average molecular weight is 378 g/mol. The number of aryl methyl sites for hydroxylation is 3. The summed E-state index contributed by atoms with van der Waals surface area (Å²) in [6, 6.07) is 10.9. The number of nitrogens with zero attached hydrogens (tertiary/aromatic N) is 4. The minimum absolute atomic E-state index is 0.786. The number of benzene rings is 1. The molecular formula is C23H31N5. The van der Waals surface area contributed by atoms with Crippen LogP contribution in [0.25, 0.3) is 11.2 Å². The third-order valence-corrected chi connectivity index (χ3v) is 5.94. The Morgan fingerprint density at radius 3 is 2.46 bits per heavy atom. The number of aromatic nitrogens is 3. The van der Waals surface area contributed by atoms with Crippen molar-refractivity contribution < 1.29 is 0 Å². The second-order valence-corrected chi connectivity index (χ2v) is 8.32. The summed E-state index contributed by atoms with van der Waals surface area (Å²) in [5.41, 5.74) is 6.71. The summed E-state index contributed by atoms with van der Waals surface area (Å²) in [5.74, 6) is 1.80. The van der Waals surface area contributed by atoms with Crippen LogP contribution in [0.5, 0.6) is 0 Å². The van der Waals surface area contributed by atoms with Crippen LogP contribution in [-0.2, 0) is 6.54 Å². The normalized spacial score (nSPS) is 16.0. The fourth-order valence-corrected chi connectivity index (χ4v) is 4.14. The zero-order valence-corrected chi connectivity index (χ0v) is 17.5. The van der Waals surface area contributed by atoms with Crippen molar-refractivity contribution in [2.45, 2.75) is 40.2 Å². The van der Waals surface area contributed by atoms with Crippen molar-refractivity contribution in [3.63, 3.8) is 0 Å². The van der Waals surface area contributed by atoms with Gasteiger partial charge in [0.2, 0.25) is 0 Å². The van der Waals surface area contributed by atoms with Crippen LogP contribution < -0.4 is 5.32 Å². The Bertz CT molecular complexity index is 949. The molecule has 3 aromatic rings. The Balaban J connectivity index is 1.44. The van der Waals surface area contributed by atoms with Crippen molar-refractivity contribution in [1.29, 1.82) is 0 Å². The van der Waals surface area contributed by atoms with E-state index in [0.29, 0.717) is 0 Å². The first-order valence-electron chi connectivity index (χ1n) is 10.3. The molecule has 1 N–H and O–H groups in total. The van der Waals surface area contributed by atoms with Crippen molar-refractivity contribution in [2.75, 3.05) is 32.0 Å². The molecule has 1 aromatic carbocycles. The molecule has 28 heavy (non-hydrogen) atoms. The summed E-state index contributed by atoms with van der Waals surface area (Å²) in [5, 5.41) is 3.62. The smallest absolute Gasteiger partial charge is 0.160 e. The molecule has 2 aromatic heterocycles. The molecule has 0 aliphatic carbocycles. The predicted molar refractivity (Wildman–Crippen MR) is 116 cm³/mol. The third-order valence-electron chi connectivity index (χ3n) is 5.94. The maximum Gasteiger partial charge on any atom is 0.160 e. The van der Waals surface area contributed by atoms with E-state index in [1.54, 1.807) is 0 Å². The summed E-state index contributed by atoms with van der Waals surface area (Å²) >= 11 is 0. The molecule has 5 heteroatoms. The van der Waals surface area contributed by atoms with Crippen LogP contribution >= 0.6 is 0 Å². The van der Waals surface area contributed by atoms with Crippen LogP contribution in [0.3, 0.4) is 0 Å². The van der Waals surface area contributed by atoms with Crippen LogP contribution in [0.4, 0.5) is 5.69 Å². The van der Waals surface area contributed by atoms with Crippen molar-refractivity contribution in [3.05, 3.63) is 53.0 Å². The van der Waals surface area contributed by atoms with Crippen LogP contribution in [0.15, 0.2) is 30.3 Å². The van der Waals surface area contributed by atoms with Crippen molar-refractivity contribution >= 4 is 16.9 Å². The summed E-state index contributed by atoms with van der Waals surface area (Å²) in [6.45, 7) is 10.5. The van der Waals surface area contributed by atoms with Crippen LogP contribution in [0.2, 0.25) is 0 Å². The highest BCUT2D eigenvalue weighted by Gasteiger charge is 2.16. The highest BCUT2D eigenvalue weighted by atomic mass is 15.1. The number of nitrogens with one attached hydrogen (secondary N) is 1. The van der Waals surface area contributed by atoms with Gasteiger partial charge in [0.05, 0.1) is 6.54 Å². The van der Waals surface area contributed by atoms with E-state index in [2.05, 4.69) is 66.0 Å². The van der Waals surface area contributed by atoms with E-state index in [1.807, 2.05) is 6.92 Å². The number of fused-ring (bicyclic) bond motifs is 1. The number of piperidine rings is 1. The van der Waals surface area contributed by atoms with Crippen molar-refractivity contribution in [2.24, 2.45) is 5.92 Å². The van der Waals surface area contributed by atoms with Gasteiger partial charge in [-0.3, -0.25) is 0 Å². The van der Waals surface area contributed by atoms with Gasteiger partial charge in [-0.15, -0.1) is 0 Å². The monoisotopic (exact) mass is 377 g/mol. The average Bonchev–Trinajstić information content (AvgIpc) is 2.98. The zero-order valence-electron chi connectivity index (χ0n) is 17.5. The highest BCUT2D eigenvalue weighted by Crippen LogP contribution is 2.21. The lowest BCUT2D eigenvalue weighted by atomic mass is 9.97. The van der Waals surface area contributed by atoms with Crippen LogP contribution in [-0.4, -0.2) is 46.1 Å². The molecule has 0 amide bonds. The van der Waals surface area contributed by atoms with Gasteiger partial charge < -0.3 is 14.8 Å². The van der Waals surface area contributed by atoms with Gasteiger partial charge in [0.15, 0.2) is 5.65 Å². The molecule has 5 nitrogen and oxygen atoms in total. The molecule has 0 radical (unpaired) electrons. The fourth-order valence-electron chi connectivity index (χ4n) is 4.14. The van der Waals surface area contributed by atoms with Gasteiger partial charge >= 0.3 is 0 Å². The Morgan fingerprint density at radius 2 is 1.75 bits per heavy atom. The molecule has 3 heterocycles. The van der Waals surface area contributed by atoms with Gasteiger partial charge in [-0.2, -0.15) is 0 Å². The molecule has 0 atom stereocenters. The second-order valence-electron chi connectivity index (χ2n) is 8.32. The van der Waals surface area contributed by atoms with Gasteiger partial charge in [0.25, 0.3) is 0 Å². The summed E-state index contributed by atoms with van der Waals surface area (Å²) < 4.78 is 2.22. The lowest BCUT2D eigenvalue weighted by Crippen LogP contribution is -2.32. The lowest BCUT2D eigenvalue weighted by molar-refractivity contribution is 0.226. The Labute approximate surface area is 167 Å². The standard InChI is InChI=1S/C23H31N5/c1-16-13-17(2)25-23-22(16)26-18(3)28(23)15-20-5-7-21(8-6-20)24-14-19-9-11-27(4)12-10-19/h5-8,13,19,24H,9-12,14-15H2,1-4H3. The molecule has 4 rings (SSSR count). The maximum atomic E-state index is 4.74. The first kappa shape index (κ1) is 18.9. The molecule has 1 saturated heterocycles. The molecule has 148 valence electrons. The number of anilines is 1. The van der Waals surface area contributed by atoms with Crippen molar-refractivity contribution in [3.8, 4) is 0 Å². The van der Waals surface area contributed by atoms with Gasteiger partial charge in [-0.05, 0) is 89.0 Å². The van der Waals surface area contributed by atoms with Gasteiger partial charge in [0, 0.05) is 17.9 Å². The topological polar surface area (TPSA) is 46.0 Å². The summed E-state index contributed by atoms with van der Waals surface area (Å²) in [4.78, 5) is 11.9. The number of likely N-dealkylation sites (tertiary alicyclic amines) is 1. The first-order chi connectivity index (χ1) is 13.5. The number of pyridine rings is 1. The Hall–Kier alpha value is -2.40. The van der Waals surface area contributed by atoms with E-state index < -0.39 is 0 Å². The van der Waals surface area contributed by atoms with Crippen LogP contribution in [0, 0.1) is 26.7 Å². The van der Waals surface area contributed by atoms with E-state index in [0.717, 1.165) is 41.7 Å². The fraction of sp³-hybridized carbons (Fsp3) is 0.478. The largest absolute Gasteiger partial charge is 0.385 e. The first-order valence-corrected chi connectivity index (χ1v) is 10.3. The molecule has 1 aliphatic heterocycles. The summed E-state index contributed by atoms with van der Waals surface area (Å²) in [6.07, 6.45) is 2.58. The minimum atomic E-state index is 0.786. The molecule has 1 fully saturated rings. The second kappa shape index (κ2) is 7.92. The molecule has 0 saturated carbocycles. The highest BCUT2D eigenvalue weighted by molar-refractivity contribution is 5.76. The van der Waals surface area contributed by atoms with Gasteiger partial charge in [-0.25, -0.2) is 9.97 Å². The van der Waals surface area contributed by atoms with Gasteiger partial charge in [0.1, 0.15) is 11.3 Å². The number of hydrogen-bond acceptors (Lipinski definition) is 4. The SMILES string of the molecule is Cc1cc(C)c2nc(C)n(Cc3ccc(NCC4CCN(C)CC4)cc3)c2n1. The molecule has 0 unspecified atom stereocenters. The van der Waals surface area contributed by atoms with Crippen LogP contribution in [0.1, 0.15) is 35.5 Å². The molecule has 0 spiro atoms.